The Kier molecular flexibility index (Phi) is 3.65. The van der Waals surface area contributed by atoms with Crippen LogP contribution in [0.4, 0.5) is 0 Å². The quantitative estimate of drug-likeness (QED) is 0.683. The summed E-state index contributed by atoms with van der Waals surface area (Å²) in [6.07, 6.45) is 4.20. The number of rotatable bonds is 3. The van der Waals surface area contributed by atoms with E-state index in [-0.39, 0.29) is 11.7 Å². The van der Waals surface area contributed by atoms with Crippen LogP contribution in [-0.4, -0.2) is 21.7 Å². The molecule has 0 aliphatic heterocycles. The highest BCUT2D eigenvalue weighted by Gasteiger charge is 2.27. The Bertz CT molecular complexity index is 226. The van der Waals surface area contributed by atoms with Crippen molar-refractivity contribution in [2.45, 2.75) is 32.1 Å². The van der Waals surface area contributed by atoms with E-state index in [1.807, 2.05) is 0 Å². The number of ketones is 1. The van der Waals surface area contributed by atoms with Crippen LogP contribution >= 0.6 is 7.60 Å². The first-order valence-corrected chi connectivity index (χ1v) is 6.36. The molecule has 2 N–H and O–H groups in total. The van der Waals surface area contributed by atoms with Gasteiger partial charge in [-0.1, -0.05) is 19.3 Å². The highest BCUT2D eigenvalue weighted by atomic mass is 31.2. The molecule has 1 aliphatic rings. The number of Topliss-reactive ketones (excluding diaryl/α,β-unsaturated/α-hetero) is 1. The molecule has 0 aromatic heterocycles. The van der Waals surface area contributed by atoms with Gasteiger partial charge in [0.2, 0.25) is 0 Å². The van der Waals surface area contributed by atoms with Crippen LogP contribution in [-0.2, 0) is 9.36 Å². The fourth-order valence-corrected chi connectivity index (χ4v) is 2.42. The molecule has 0 heterocycles. The second-order valence-electron chi connectivity index (χ2n) is 3.62. The summed E-state index contributed by atoms with van der Waals surface area (Å²) in [5.74, 6) is -0.352. The molecule has 0 aromatic rings. The van der Waals surface area contributed by atoms with Crippen molar-refractivity contribution in [1.82, 2.24) is 0 Å². The molecule has 1 rings (SSSR count). The predicted molar refractivity (Wildman–Crippen MR) is 48.5 cm³/mol. The van der Waals surface area contributed by atoms with Gasteiger partial charge in [-0.05, 0) is 12.8 Å². The van der Waals surface area contributed by atoms with Crippen LogP contribution in [0.25, 0.3) is 0 Å². The molecule has 0 spiro atoms. The largest absolute Gasteiger partial charge is 0.332 e. The predicted octanol–water partition coefficient (Wildman–Crippen LogP) is 1.31. The summed E-state index contributed by atoms with van der Waals surface area (Å²) >= 11 is 0. The Morgan fingerprint density at radius 1 is 1.23 bits per heavy atom. The van der Waals surface area contributed by atoms with Crippen LogP contribution in [0.2, 0.25) is 0 Å². The Labute approximate surface area is 77.5 Å². The Balaban J connectivity index is 2.42. The maximum atomic E-state index is 11.3. The van der Waals surface area contributed by atoms with Gasteiger partial charge in [0.1, 0.15) is 11.9 Å². The molecule has 13 heavy (non-hydrogen) atoms. The molecule has 1 saturated carbocycles. The first-order chi connectivity index (χ1) is 5.99. The molecule has 1 fully saturated rings. The van der Waals surface area contributed by atoms with E-state index in [1.54, 1.807) is 0 Å². The van der Waals surface area contributed by atoms with Crippen LogP contribution in [0.15, 0.2) is 0 Å². The van der Waals surface area contributed by atoms with Crippen molar-refractivity contribution in [2.24, 2.45) is 5.92 Å². The molecular formula is C8H15O4P. The van der Waals surface area contributed by atoms with E-state index < -0.39 is 13.8 Å². The van der Waals surface area contributed by atoms with Gasteiger partial charge in [-0.2, -0.15) is 0 Å². The lowest BCUT2D eigenvalue weighted by Crippen LogP contribution is -2.20. The van der Waals surface area contributed by atoms with E-state index in [0.29, 0.717) is 0 Å². The minimum absolute atomic E-state index is 0.0959. The number of hydrogen-bond donors (Lipinski definition) is 2. The molecule has 0 saturated heterocycles. The molecule has 4 nitrogen and oxygen atoms in total. The monoisotopic (exact) mass is 206 g/mol. The molecule has 0 unspecified atom stereocenters. The molecule has 0 amide bonds. The van der Waals surface area contributed by atoms with Crippen molar-refractivity contribution in [3.63, 3.8) is 0 Å². The van der Waals surface area contributed by atoms with Crippen molar-refractivity contribution in [3.05, 3.63) is 0 Å². The zero-order valence-electron chi connectivity index (χ0n) is 7.48. The van der Waals surface area contributed by atoms with Crippen molar-refractivity contribution in [1.29, 1.82) is 0 Å². The topological polar surface area (TPSA) is 74.6 Å². The van der Waals surface area contributed by atoms with Gasteiger partial charge in [0.25, 0.3) is 0 Å². The van der Waals surface area contributed by atoms with Crippen molar-refractivity contribution in [3.8, 4) is 0 Å². The fraction of sp³-hybridized carbons (Fsp3) is 0.875. The molecule has 76 valence electrons. The first-order valence-electron chi connectivity index (χ1n) is 4.56. The van der Waals surface area contributed by atoms with Gasteiger partial charge in [-0.3, -0.25) is 9.36 Å². The highest BCUT2D eigenvalue weighted by Crippen LogP contribution is 2.36. The number of carbonyl (C=O) groups excluding carboxylic acids is 1. The summed E-state index contributed by atoms with van der Waals surface area (Å²) in [5.41, 5.74) is 0. The second kappa shape index (κ2) is 4.36. The van der Waals surface area contributed by atoms with E-state index in [0.717, 1.165) is 32.1 Å². The number of hydrogen-bond acceptors (Lipinski definition) is 2. The van der Waals surface area contributed by atoms with E-state index in [1.165, 1.54) is 0 Å². The zero-order chi connectivity index (χ0) is 9.90. The standard InChI is InChI=1S/C8H15O4P/c9-8(6-13(10,11)12)7-4-2-1-3-5-7/h7H,1-6H2,(H2,10,11,12). The molecule has 5 heteroatoms. The van der Waals surface area contributed by atoms with E-state index in [2.05, 4.69) is 0 Å². The van der Waals surface area contributed by atoms with Crippen LogP contribution < -0.4 is 0 Å². The van der Waals surface area contributed by atoms with Gasteiger partial charge in [-0.25, -0.2) is 0 Å². The first kappa shape index (κ1) is 10.9. The second-order valence-corrected chi connectivity index (χ2v) is 5.27. The molecule has 0 bridgehead atoms. The summed E-state index contributed by atoms with van der Waals surface area (Å²) in [6, 6.07) is 0. The summed E-state index contributed by atoms with van der Waals surface area (Å²) in [5, 5.41) is 0. The van der Waals surface area contributed by atoms with Gasteiger partial charge < -0.3 is 9.79 Å². The van der Waals surface area contributed by atoms with Crippen molar-refractivity contribution < 1.29 is 19.1 Å². The average Bonchev–Trinajstić information content (AvgIpc) is 2.03. The SMILES string of the molecule is O=C(CP(=O)(O)O)C1CCCCC1. The molecule has 0 radical (unpaired) electrons. The smallest absolute Gasteiger partial charge is 0.324 e. The lowest BCUT2D eigenvalue weighted by atomic mass is 9.87. The normalized spacial score (nSPS) is 20.2. The molecular weight excluding hydrogens is 191 g/mol. The van der Waals surface area contributed by atoms with Gasteiger partial charge in [0.15, 0.2) is 0 Å². The van der Waals surface area contributed by atoms with Gasteiger partial charge >= 0.3 is 7.60 Å². The third-order valence-electron chi connectivity index (χ3n) is 2.42. The Hall–Kier alpha value is -0.180. The summed E-state index contributed by atoms with van der Waals surface area (Å²) in [6.45, 7) is 0. The van der Waals surface area contributed by atoms with Crippen LogP contribution in [0, 0.1) is 5.92 Å². The number of carbonyl (C=O) groups is 1. The zero-order valence-corrected chi connectivity index (χ0v) is 8.37. The fourth-order valence-electron chi connectivity index (χ4n) is 1.76. The van der Waals surface area contributed by atoms with E-state index >= 15 is 0 Å². The summed E-state index contributed by atoms with van der Waals surface area (Å²) in [7, 11) is -4.14. The highest BCUT2D eigenvalue weighted by molar-refractivity contribution is 7.52. The van der Waals surface area contributed by atoms with E-state index in [4.69, 9.17) is 9.79 Å². The van der Waals surface area contributed by atoms with Gasteiger partial charge in [0, 0.05) is 5.92 Å². The van der Waals surface area contributed by atoms with Crippen LogP contribution in [0.5, 0.6) is 0 Å². The molecule has 1 aliphatic carbocycles. The third kappa shape index (κ3) is 4.03. The van der Waals surface area contributed by atoms with E-state index in [9.17, 15) is 9.36 Å². The maximum absolute atomic E-state index is 11.3. The molecule has 0 atom stereocenters. The Morgan fingerprint density at radius 2 is 1.77 bits per heavy atom. The van der Waals surface area contributed by atoms with Crippen molar-refractivity contribution in [2.75, 3.05) is 6.16 Å². The van der Waals surface area contributed by atoms with Gasteiger partial charge in [-0.15, -0.1) is 0 Å². The Morgan fingerprint density at radius 3 is 2.23 bits per heavy atom. The lowest BCUT2D eigenvalue weighted by molar-refractivity contribution is -0.121. The minimum Gasteiger partial charge on any atom is -0.324 e. The summed E-state index contributed by atoms with van der Waals surface area (Å²) in [4.78, 5) is 28.5. The minimum atomic E-state index is -4.14. The average molecular weight is 206 g/mol. The lowest BCUT2D eigenvalue weighted by Gasteiger charge is -2.20. The maximum Gasteiger partial charge on any atom is 0.332 e. The third-order valence-corrected chi connectivity index (χ3v) is 3.15. The summed E-state index contributed by atoms with van der Waals surface area (Å²) < 4.78 is 10.6. The molecule has 0 aromatic carbocycles. The van der Waals surface area contributed by atoms with Crippen LogP contribution in [0.3, 0.4) is 0 Å². The van der Waals surface area contributed by atoms with Crippen molar-refractivity contribution >= 4 is 13.4 Å². The van der Waals surface area contributed by atoms with Crippen LogP contribution in [0.1, 0.15) is 32.1 Å². The van der Waals surface area contributed by atoms with Gasteiger partial charge in [0.05, 0.1) is 0 Å².